The first-order valence-electron chi connectivity index (χ1n) is 6.99. The molecule has 0 spiro atoms. The van der Waals surface area contributed by atoms with Crippen molar-refractivity contribution in [2.45, 2.75) is 39.3 Å². The van der Waals surface area contributed by atoms with Crippen molar-refractivity contribution in [3.63, 3.8) is 0 Å². The Bertz CT molecular complexity index is 499. The molecule has 0 aliphatic rings. The van der Waals surface area contributed by atoms with Crippen LogP contribution in [0, 0.1) is 0 Å². The molecule has 102 valence electrons. The van der Waals surface area contributed by atoms with Crippen LogP contribution < -0.4 is 5.32 Å². The zero-order valence-electron chi connectivity index (χ0n) is 12.1. The van der Waals surface area contributed by atoms with Crippen LogP contribution >= 0.6 is 0 Å². The normalized spacial score (nSPS) is 12.6. The van der Waals surface area contributed by atoms with Crippen LogP contribution in [0.25, 0.3) is 0 Å². The van der Waals surface area contributed by atoms with Gasteiger partial charge in [0.1, 0.15) is 5.82 Å². The zero-order valence-corrected chi connectivity index (χ0v) is 12.1. The van der Waals surface area contributed by atoms with Crippen LogP contribution in [0.15, 0.2) is 36.7 Å². The van der Waals surface area contributed by atoms with E-state index in [2.05, 4.69) is 48.4 Å². The molecule has 0 bridgehead atoms. The minimum atomic E-state index is 0.340. The predicted molar refractivity (Wildman–Crippen MR) is 78.9 cm³/mol. The van der Waals surface area contributed by atoms with Gasteiger partial charge in [-0.05, 0) is 24.5 Å². The van der Waals surface area contributed by atoms with Crippen LogP contribution in [0.5, 0.6) is 0 Å². The van der Waals surface area contributed by atoms with Crippen LogP contribution in [-0.4, -0.2) is 9.55 Å². The summed E-state index contributed by atoms with van der Waals surface area (Å²) in [5, 5.41) is 3.51. The Morgan fingerprint density at radius 1 is 1.26 bits per heavy atom. The molecule has 0 amide bonds. The highest BCUT2D eigenvalue weighted by Gasteiger charge is 2.06. The van der Waals surface area contributed by atoms with Crippen molar-refractivity contribution < 1.29 is 0 Å². The van der Waals surface area contributed by atoms with Gasteiger partial charge in [0.05, 0.1) is 6.54 Å². The van der Waals surface area contributed by atoms with Crippen molar-refractivity contribution in [2.24, 2.45) is 7.05 Å². The summed E-state index contributed by atoms with van der Waals surface area (Å²) in [6.45, 7) is 5.20. The van der Waals surface area contributed by atoms with Gasteiger partial charge in [0, 0.05) is 25.5 Å². The first kappa shape index (κ1) is 13.8. The summed E-state index contributed by atoms with van der Waals surface area (Å²) in [4.78, 5) is 4.32. The standard InChI is InChI=1S/C16H23N3/c1-4-5-14-6-8-15(9-7-14)13(2)18-12-16-17-10-11-19(16)3/h6-11,13,18H,4-5,12H2,1-3H3. The van der Waals surface area contributed by atoms with E-state index < -0.39 is 0 Å². The maximum absolute atomic E-state index is 4.32. The summed E-state index contributed by atoms with van der Waals surface area (Å²) < 4.78 is 2.05. The molecule has 2 rings (SSSR count). The highest BCUT2D eigenvalue weighted by atomic mass is 15.1. The minimum Gasteiger partial charge on any atom is -0.337 e. The Morgan fingerprint density at radius 2 is 2.00 bits per heavy atom. The molecule has 1 atom stereocenters. The van der Waals surface area contributed by atoms with E-state index in [9.17, 15) is 0 Å². The molecule has 3 nitrogen and oxygen atoms in total. The van der Waals surface area contributed by atoms with Gasteiger partial charge in [0.2, 0.25) is 0 Å². The average molecular weight is 257 g/mol. The second-order valence-corrected chi connectivity index (χ2v) is 5.05. The van der Waals surface area contributed by atoms with E-state index in [0.29, 0.717) is 6.04 Å². The molecule has 1 aromatic carbocycles. The third-order valence-corrected chi connectivity index (χ3v) is 3.51. The maximum Gasteiger partial charge on any atom is 0.122 e. The zero-order chi connectivity index (χ0) is 13.7. The molecule has 1 N–H and O–H groups in total. The monoisotopic (exact) mass is 257 g/mol. The van der Waals surface area contributed by atoms with Crippen LogP contribution in [0.4, 0.5) is 0 Å². The van der Waals surface area contributed by atoms with Gasteiger partial charge in [-0.3, -0.25) is 0 Å². The van der Waals surface area contributed by atoms with Gasteiger partial charge in [-0.2, -0.15) is 0 Å². The fourth-order valence-electron chi connectivity index (χ4n) is 2.19. The third-order valence-electron chi connectivity index (χ3n) is 3.51. The Morgan fingerprint density at radius 3 is 2.58 bits per heavy atom. The van der Waals surface area contributed by atoms with Gasteiger partial charge in [0.25, 0.3) is 0 Å². The SMILES string of the molecule is CCCc1ccc(C(C)NCc2nccn2C)cc1. The van der Waals surface area contributed by atoms with Gasteiger partial charge >= 0.3 is 0 Å². The number of aromatic nitrogens is 2. The lowest BCUT2D eigenvalue weighted by atomic mass is 10.0. The fourth-order valence-corrected chi connectivity index (χ4v) is 2.19. The van der Waals surface area contributed by atoms with E-state index in [1.807, 2.05) is 24.0 Å². The summed E-state index contributed by atoms with van der Waals surface area (Å²) in [7, 11) is 2.02. The number of rotatable bonds is 6. The molecule has 0 saturated heterocycles. The maximum atomic E-state index is 4.32. The lowest BCUT2D eigenvalue weighted by Crippen LogP contribution is -2.20. The Hall–Kier alpha value is -1.61. The van der Waals surface area contributed by atoms with E-state index in [-0.39, 0.29) is 0 Å². The number of hydrogen-bond acceptors (Lipinski definition) is 2. The third kappa shape index (κ3) is 3.67. The number of benzene rings is 1. The Balaban J connectivity index is 1.92. The molecule has 1 unspecified atom stereocenters. The number of imidazole rings is 1. The van der Waals surface area contributed by atoms with Crippen LogP contribution in [0.1, 0.15) is 43.3 Å². The molecule has 0 fully saturated rings. The molecular weight excluding hydrogens is 234 g/mol. The van der Waals surface area contributed by atoms with E-state index >= 15 is 0 Å². The van der Waals surface area contributed by atoms with E-state index in [1.54, 1.807) is 0 Å². The molecule has 1 aromatic heterocycles. The van der Waals surface area contributed by atoms with Crippen molar-refractivity contribution >= 4 is 0 Å². The summed E-state index contributed by atoms with van der Waals surface area (Å²) in [5.41, 5.74) is 2.75. The number of nitrogens with zero attached hydrogens (tertiary/aromatic N) is 2. The largest absolute Gasteiger partial charge is 0.337 e. The Labute approximate surface area is 115 Å². The van der Waals surface area contributed by atoms with Gasteiger partial charge in [-0.25, -0.2) is 4.98 Å². The van der Waals surface area contributed by atoms with Crippen LogP contribution in [-0.2, 0) is 20.0 Å². The number of hydrogen-bond donors (Lipinski definition) is 1. The quantitative estimate of drug-likeness (QED) is 0.861. The van der Waals surface area contributed by atoms with Gasteiger partial charge in [-0.15, -0.1) is 0 Å². The molecule has 0 radical (unpaired) electrons. The van der Waals surface area contributed by atoms with E-state index in [1.165, 1.54) is 17.5 Å². The smallest absolute Gasteiger partial charge is 0.122 e. The summed E-state index contributed by atoms with van der Waals surface area (Å²) in [6, 6.07) is 9.25. The molecular formula is C16H23N3. The lowest BCUT2D eigenvalue weighted by Gasteiger charge is -2.14. The van der Waals surface area contributed by atoms with Crippen molar-refractivity contribution in [1.29, 1.82) is 0 Å². The molecule has 0 aliphatic carbocycles. The van der Waals surface area contributed by atoms with Crippen molar-refractivity contribution in [1.82, 2.24) is 14.9 Å². The Kier molecular flexibility index (Phi) is 4.74. The molecule has 0 saturated carbocycles. The van der Waals surface area contributed by atoms with Gasteiger partial charge in [0.15, 0.2) is 0 Å². The minimum absolute atomic E-state index is 0.340. The van der Waals surface area contributed by atoms with E-state index in [4.69, 9.17) is 0 Å². The number of aryl methyl sites for hydroxylation is 2. The van der Waals surface area contributed by atoms with E-state index in [0.717, 1.165) is 18.8 Å². The van der Waals surface area contributed by atoms with Crippen molar-refractivity contribution in [3.8, 4) is 0 Å². The van der Waals surface area contributed by atoms with Gasteiger partial charge < -0.3 is 9.88 Å². The highest BCUT2D eigenvalue weighted by Crippen LogP contribution is 2.14. The topological polar surface area (TPSA) is 29.9 Å². The van der Waals surface area contributed by atoms with Crippen molar-refractivity contribution in [3.05, 3.63) is 53.6 Å². The number of nitrogens with one attached hydrogen (secondary N) is 1. The predicted octanol–water partition coefficient (Wildman–Crippen LogP) is 3.22. The first-order valence-corrected chi connectivity index (χ1v) is 6.99. The molecule has 19 heavy (non-hydrogen) atoms. The van der Waals surface area contributed by atoms with Crippen molar-refractivity contribution in [2.75, 3.05) is 0 Å². The molecule has 1 heterocycles. The second-order valence-electron chi connectivity index (χ2n) is 5.05. The average Bonchev–Trinajstić information content (AvgIpc) is 2.83. The highest BCUT2D eigenvalue weighted by molar-refractivity contribution is 5.24. The fraction of sp³-hybridized carbons (Fsp3) is 0.438. The second kappa shape index (κ2) is 6.53. The van der Waals surface area contributed by atoms with Gasteiger partial charge in [-0.1, -0.05) is 37.6 Å². The molecule has 3 heteroatoms. The molecule has 2 aromatic rings. The summed E-state index contributed by atoms with van der Waals surface area (Å²) in [6.07, 6.45) is 6.17. The summed E-state index contributed by atoms with van der Waals surface area (Å²) in [5.74, 6) is 1.06. The van der Waals surface area contributed by atoms with Crippen LogP contribution in [0.2, 0.25) is 0 Å². The summed E-state index contributed by atoms with van der Waals surface area (Å²) >= 11 is 0. The van der Waals surface area contributed by atoms with Crippen LogP contribution in [0.3, 0.4) is 0 Å². The lowest BCUT2D eigenvalue weighted by molar-refractivity contribution is 0.549. The molecule has 0 aliphatic heterocycles. The first-order chi connectivity index (χ1) is 9.20.